The molecule has 0 aromatic heterocycles. The molecule has 0 aliphatic rings. The molecule has 0 bridgehead atoms. The van der Waals surface area contributed by atoms with E-state index in [2.05, 4.69) is 246 Å². The Hall–Kier alpha value is -6.03. The first-order valence-electron chi connectivity index (χ1n) is 22.6. The van der Waals surface area contributed by atoms with Crippen molar-refractivity contribution in [2.75, 3.05) is 0 Å². The van der Waals surface area contributed by atoms with Crippen molar-refractivity contribution in [2.45, 2.75) is 52.4 Å². The van der Waals surface area contributed by atoms with E-state index >= 15 is 0 Å². The van der Waals surface area contributed by atoms with Crippen LogP contribution in [0.4, 0.5) is 0 Å². The van der Waals surface area contributed by atoms with Crippen LogP contribution in [0.3, 0.4) is 0 Å². The van der Waals surface area contributed by atoms with Crippen molar-refractivity contribution in [3.8, 4) is 44.5 Å². The van der Waals surface area contributed by atoms with Gasteiger partial charge in [0.25, 0.3) is 0 Å². The minimum atomic E-state index is -0.826. The first-order valence-corrected chi connectivity index (χ1v) is 28.9. The zero-order valence-corrected chi connectivity index (χ0v) is 43.2. The molecular formula is C60H54BCl2N2O2Zr. The van der Waals surface area contributed by atoms with E-state index in [0.29, 0.717) is 12.8 Å². The van der Waals surface area contributed by atoms with E-state index in [-0.39, 0.29) is 10.8 Å². The zero-order chi connectivity index (χ0) is 48.3. The molecule has 0 spiro atoms. The van der Waals surface area contributed by atoms with Crippen LogP contribution in [0.15, 0.2) is 194 Å². The van der Waals surface area contributed by atoms with E-state index in [1.165, 1.54) is 98.7 Å². The summed E-state index contributed by atoms with van der Waals surface area (Å²) in [6, 6.07) is 70.9. The quantitative estimate of drug-likeness (QED) is 0.0690. The average Bonchev–Trinajstić information content (AvgIpc) is 4.02. The number of hydrogen-bond acceptors (Lipinski definition) is 2. The van der Waals surface area contributed by atoms with Gasteiger partial charge in [0.1, 0.15) is 0 Å². The van der Waals surface area contributed by atoms with Crippen molar-refractivity contribution < 1.29 is 30.4 Å². The van der Waals surface area contributed by atoms with Gasteiger partial charge in [0, 0.05) is 0 Å². The van der Waals surface area contributed by atoms with Gasteiger partial charge in [0.05, 0.1) is 0 Å². The molecule has 0 saturated carbocycles. The summed E-state index contributed by atoms with van der Waals surface area (Å²) in [5, 5.41) is 14.7. The van der Waals surface area contributed by atoms with Crippen molar-refractivity contribution in [3.05, 3.63) is 205 Å². The van der Waals surface area contributed by atoms with Crippen LogP contribution in [0, 0.1) is 0 Å². The van der Waals surface area contributed by atoms with Crippen molar-refractivity contribution in [1.29, 1.82) is 0 Å². The van der Waals surface area contributed by atoms with Gasteiger partial charge in [-0.1, -0.05) is 198 Å². The Morgan fingerprint density at radius 2 is 0.691 bits per heavy atom. The molecule has 337 valence electrons. The van der Waals surface area contributed by atoms with Gasteiger partial charge in [-0.15, -0.1) is 69.1 Å². The fourth-order valence-corrected chi connectivity index (χ4v) is 8.75. The number of halogens is 2. The number of benzene rings is 8. The van der Waals surface area contributed by atoms with Crippen molar-refractivity contribution in [3.63, 3.8) is 0 Å². The first-order chi connectivity index (χ1) is 32.9. The van der Waals surface area contributed by atoms with Crippen LogP contribution < -0.4 is 10.5 Å². The zero-order valence-electron chi connectivity index (χ0n) is 39.3. The van der Waals surface area contributed by atoms with Crippen LogP contribution in [0.2, 0.25) is 0 Å². The van der Waals surface area contributed by atoms with E-state index in [9.17, 15) is 9.59 Å². The molecule has 2 amide bonds. The Balaban J connectivity index is 0.000000168. The fourth-order valence-electron chi connectivity index (χ4n) is 8.75. The second-order valence-electron chi connectivity index (χ2n) is 18.5. The van der Waals surface area contributed by atoms with Gasteiger partial charge in [0.15, 0.2) is 12.8 Å². The number of hydrogen-bond donors (Lipinski definition) is 2. The maximum atomic E-state index is 9.38. The normalized spacial score (nSPS) is 11.0. The number of amides is 2. The van der Waals surface area contributed by atoms with E-state index < -0.39 is 20.8 Å². The number of carbonyl (C=O) groups excluding carboxylic acids is 2. The van der Waals surface area contributed by atoms with Gasteiger partial charge < -0.3 is 10.5 Å². The molecule has 8 heteroatoms. The van der Waals surface area contributed by atoms with E-state index in [0.717, 1.165) is 7.55 Å². The fraction of sp³-hybridized carbons (Fsp3) is 0.133. The molecule has 10 aromatic rings. The monoisotopic (exact) mass is 1010 g/mol. The summed E-state index contributed by atoms with van der Waals surface area (Å²) in [4.78, 5) is 18.8. The third kappa shape index (κ3) is 11.6. The summed E-state index contributed by atoms with van der Waals surface area (Å²) < 4.78 is 0. The van der Waals surface area contributed by atoms with Gasteiger partial charge in [-0.2, -0.15) is 12.1 Å². The maximum absolute atomic E-state index is 9.38. The Morgan fingerprint density at radius 3 is 1.03 bits per heavy atom. The summed E-state index contributed by atoms with van der Waals surface area (Å²) >= 11 is -0.826. The standard InChI is InChI=1S/2C29H25.C2H4BN2O2.2ClH.Zr/c2*1-29(2,3)22-18-21-12-9-17-27(28(21)19-22)26-15-7-6-14-25(26)24-16-8-11-20-10-4-5-13-23(20)24;6-1-4-3-5-2-7;;;/h2*4-19H,1-3H3;1-2H,(H,4,6)(H,5,7);2*1H;/q2*-1;;;;+4/p-2. The van der Waals surface area contributed by atoms with Crippen LogP contribution in [0.1, 0.15) is 52.7 Å². The summed E-state index contributed by atoms with van der Waals surface area (Å²) in [6.07, 6.45) is 0.910. The SMILES string of the molecule is CC(C)(C)c1cc2c(-c3ccccc3-c3cccc4ccccc34)cccc2[cH-]1.CC(C)(C)c1cc2c(-c3ccccc3-c3cccc4ccccc34)cccc2[cH-]1.O=CN[B]NC=O.[Cl][Zr+2][Cl]. The number of nitrogens with one attached hydrogen (secondary N) is 2. The topological polar surface area (TPSA) is 58.2 Å². The van der Waals surface area contributed by atoms with Crippen molar-refractivity contribution in [1.82, 2.24) is 10.5 Å². The molecule has 0 fully saturated rings. The number of fused-ring (bicyclic) bond motifs is 4. The van der Waals surface area contributed by atoms with Crippen LogP contribution in [0.5, 0.6) is 0 Å². The third-order valence-electron chi connectivity index (χ3n) is 12.1. The molecule has 0 heterocycles. The molecule has 0 atom stereocenters. The van der Waals surface area contributed by atoms with Crippen molar-refractivity contribution >= 4 is 80.5 Å². The van der Waals surface area contributed by atoms with Crippen LogP contribution >= 0.6 is 17.0 Å². The van der Waals surface area contributed by atoms with Crippen LogP contribution in [-0.4, -0.2) is 20.4 Å². The summed E-state index contributed by atoms with van der Waals surface area (Å²) in [5.74, 6) is 0. The summed E-state index contributed by atoms with van der Waals surface area (Å²) in [6.45, 7) is 13.7. The van der Waals surface area contributed by atoms with Crippen molar-refractivity contribution in [2.24, 2.45) is 0 Å². The molecule has 0 saturated heterocycles. The number of rotatable bonds is 8. The molecule has 10 rings (SSSR count). The molecule has 0 unspecified atom stereocenters. The van der Waals surface area contributed by atoms with Crippen LogP contribution in [-0.2, 0) is 41.3 Å². The molecule has 2 N–H and O–H groups in total. The molecule has 0 aliphatic heterocycles. The molecule has 10 aromatic carbocycles. The van der Waals surface area contributed by atoms with E-state index in [4.69, 9.17) is 17.0 Å². The van der Waals surface area contributed by atoms with Gasteiger partial charge in [-0.25, -0.2) is 0 Å². The van der Waals surface area contributed by atoms with Gasteiger partial charge in [0.2, 0.25) is 0 Å². The number of carbonyl (C=O) groups is 2. The minimum absolute atomic E-state index is 0.144. The van der Waals surface area contributed by atoms with E-state index in [1.54, 1.807) is 0 Å². The molecule has 68 heavy (non-hydrogen) atoms. The molecular weight excluding hydrogens is 954 g/mol. The molecule has 4 nitrogen and oxygen atoms in total. The second kappa shape index (κ2) is 22.8. The van der Waals surface area contributed by atoms with Crippen LogP contribution in [0.25, 0.3) is 87.6 Å². The molecule has 1 radical (unpaired) electrons. The Morgan fingerprint density at radius 1 is 0.412 bits per heavy atom. The Labute approximate surface area is 420 Å². The Bertz CT molecular complexity index is 3080. The average molecular weight is 1010 g/mol. The summed E-state index contributed by atoms with van der Waals surface area (Å²) in [7, 11) is 11.0. The summed E-state index contributed by atoms with van der Waals surface area (Å²) in [5.41, 5.74) is 13.4. The second-order valence-corrected chi connectivity index (χ2v) is 22.3. The molecule has 0 aliphatic carbocycles. The predicted octanol–water partition coefficient (Wildman–Crippen LogP) is 16.1. The van der Waals surface area contributed by atoms with Gasteiger partial charge >= 0.3 is 45.4 Å². The predicted molar refractivity (Wildman–Crippen MR) is 289 cm³/mol. The third-order valence-corrected chi connectivity index (χ3v) is 12.1. The van der Waals surface area contributed by atoms with E-state index in [1.807, 2.05) is 0 Å². The van der Waals surface area contributed by atoms with Gasteiger partial charge in [-0.05, 0) is 65.8 Å². The van der Waals surface area contributed by atoms with Gasteiger partial charge in [-0.3, -0.25) is 9.59 Å². The first kappa shape index (κ1) is 49.9. The Kier molecular flexibility index (Phi) is 16.8.